The number of fused-ring (bicyclic) bond motifs is 8. The van der Waals surface area contributed by atoms with E-state index in [-0.39, 0.29) is 5.41 Å². The largest absolute Gasteiger partial charge is 0.456 e. The molecule has 2 aliphatic rings. The van der Waals surface area contributed by atoms with E-state index in [1.165, 1.54) is 50.1 Å². The fraction of sp³-hybridized carbons (Fsp3) is 0.0588. The Hall–Kier alpha value is -6.64. The van der Waals surface area contributed by atoms with Crippen LogP contribution in [0, 0.1) is 0 Å². The molecule has 0 radical (unpaired) electrons. The van der Waals surface area contributed by atoms with E-state index >= 15 is 0 Å². The lowest BCUT2D eigenvalue weighted by molar-refractivity contribution is 0.488. The summed E-state index contributed by atoms with van der Waals surface area (Å²) < 4.78 is 6.79. The lowest BCUT2D eigenvalue weighted by atomic mass is 9.82. The SMILES string of the molecule is CC1(C)c2ccccc2-c2ccc(N(c3ccc(-c4ccccc4)cc3)c3ccc4c(c3)-c3c(-c5ccccc5)cccc3-c3ccccc3O4)cc21. The first-order valence-electron chi connectivity index (χ1n) is 18.3. The molecule has 8 aromatic rings. The molecule has 0 spiro atoms. The summed E-state index contributed by atoms with van der Waals surface area (Å²) in [4.78, 5) is 2.40. The van der Waals surface area contributed by atoms with Crippen LogP contribution in [0.4, 0.5) is 17.1 Å². The molecule has 2 nitrogen and oxygen atoms in total. The van der Waals surface area contributed by atoms with Crippen LogP contribution in [0.25, 0.3) is 55.6 Å². The van der Waals surface area contributed by atoms with Crippen molar-refractivity contribution in [2.45, 2.75) is 19.3 Å². The van der Waals surface area contributed by atoms with Crippen molar-refractivity contribution in [3.8, 4) is 67.1 Å². The molecule has 0 amide bonds. The number of para-hydroxylation sites is 1. The molecular formula is C51H37NO. The standard InChI is InChI=1S/C51H37NO/c1-51(2)46-22-11-9-18-41(46)42-30-28-39(33-47(42)51)52(37-26-24-35(25-27-37)34-14-5-3-6-15-34)38-29-31-49-45(32-38)50-40(36-16-7-4-8-17-36)20-13-21-44(50)43-19-10-12-23-48(43)53-49/h3-33H,1-2H3. The molecule has 1 aliphatic carbocycles. The van der Waals surface area contributed by atoms with Crippen molar-refractivity contribution >= 4 is 17.1 Å². The summed E-state index contributed by atoms with van der Waals surface area (Å²) in [5, 5.41) is 0. The minimum absolute atomic E-state index is 0.123. The number of ether oxygens (including phenoxy) is 1. The first kappa shape index (κ1) is 31.1. The van der Waals surface area contributed by atoms with E-state index < -0.39 is 0 Å². The summed E-state index contributed by atoms with van der Waals surface area (Å²) in [6.45, 7) is 4.69. The first-order chi connectivity index (χ1) is 26.0. The quantitative estimate of drug-likeness (QED) is 0.180. The molecule has 1 heterocycles. The second-order valence-corrected chi connectivity index (χ2v) is 14.5. The van der Waals surface area contributed by atoms with Crippen molar-refractivity contribution in [2.75, 3.05) is 4.90 Å². The van der Waals surface area contributed by atoms with Gasteiger partial charge in [-0.1, -0.05) is 153 Å². The van der Waals surface area contributed by atoms with Gasteiger partial charge >= 0.3 is 0 Å². The van der Waals surface area contributed by atoms with Crippen LogP contribution in [0.15, 0.2) is 188 Å². The van der Waals surface area contributed by atoms with Crippen LogP contribution in [-0.2, 0) is 5.41 Å². The molecule has 1 aliphatic heterocycles. The minimum Gasteiger partial charge on any atom is -0.456 e. The average Bonchev–Trinajstić information content (AvgIpc) is 3.34. The van der Waals surface area contributed by atoms with Crippen molar-refractivity contribution in [1.82, 2.24) is 0 Å². The fourth-order valence-electron chi connectivity index (χ4n) is 8.48. The zero-order valence-electron chi connectivity index (χ0n) is 29.8. The van der Waals surface area contributed by atoms with Gasteiger partial charge in [-0.05, 0) is 98.6 Å². The van der Waals surface area contributed by atoms with Gasteiger partial charge in [-0.3, -0.25) is 0 Å². The molecule has 0 N–H and O–H groups in total. The lowest BCUT2D eigenvalue weighted by Crippen LogP contribution is -2.16. The predicted molar refractivity (Wildman–Crippen MR) is 221 cm³/mol. The molecule has 0 bridgehead atoms. The van der Waals surface area contributed by atoms with Crippen LogP contribution in [-0.4, -0.2) is 0 Å². The lowest BCUT2D eigenvalue weighted by Gasteiger charge is -2.29. The highest BCUT2D eigenvalue weighted by atomic mass is 16.5. The van der Waals surface area contributed by atoms with Crippen LogP contribution in [0.3, 0.4) is 0 Å². The first-order valence-corrected chi connectivity index (χ1v) is 18.3. The van der Waals surface area contributed by atoms with E-state index in [2.05, 4.69) is 201 Å². The van der Waals surface area contributed by atoms with Gasteiger partial charge in [0.25, 0.3) is 0 Å². The van der Waals surface area contributed by atoms with Crippen LogP contribution >= 0.6 is 0 Å². The monoisotopic (exact) mass is 679 g/mol. The number of hydrogen-bond acceptors (Lipinski definition) is 2. The highest BCUT2D eigenvalue weighted by molar-refractivity contribution is 6.00. The van der Waals surface area contributed by atoms with Crippen molar-refractivity contribution in [2.24, 2.45) is 0 Å². The fourth-order valence-corrected chi connectivity index (χ4v) is 8.48. The van der Waals surface area contributed by atoms with Gasteiger partial charge in [-0.25, -0.2) is 0 Å². The zero-order valence-corrected chi connectivity index (χ0v) is 29.8. The van der Waals surface area contributed by atoms with E-state index in [0.717, 1.165) is 45.3 Å². The topological polar surface area (TPSA) is 12.5 Å². The average molecular weight is 680 g/mol. The molecule has 53 heavy (non-hydrogen) atoms. The maximum absolute atomic E-state index is 6.79. The molecular weight excluding hydrogens is 643 g/mol. The molecule has 0 atom stereocenters. The third kappa shape index (κ3) is 5.10. The molecule has 2 heteroatoms. The number of hydrogen-bond donors (Lipinski definition) is 0. The van der Waals surface area contributed by atoms with Crippen LogP contribution < -0.4 is 9.64 Å². The highest BCUT2D eigenvalue weighted by Gasteiger charge is 2.36. The van der Waals surface area contributed by atoms with Crippen LogP contribution in [0.1, 0.15) is 25.0 Å². The number of benzene rings is 8. The molecule has 0 fully saturated rings. The number of anilines is 3. The van der Waals surface area contributed by atoms with Gasteiger partial charge in [0.05, 0.1) is 0 Å². The predicted octanol–water partition coefficient (Wildman–Crippen LogP) is 14.2. The van der Waals surface area contributed by atoms with Gasteiger partial charge < -0.3 is 9.64 Å². The van der Waals surface area contributed by atoms with E-state index in [9.17, 15) is 0 Å². The van der Waals surface area contributed by atoms with Gasteiger partial charge in [-0.15, -0.1) is 0 Å². The molecule has 0 unspecified atom stereocenters. The van der Waals surface area contributed by atoms with Gasteiger partial charge in [0.15, 0.2) is 0 Å². The summed E-state index contributed by atoms with van der Waals surface area (Å²) in [5.74, 6) is 1.70. The smallest absolute Gasteiger partial charge is 0.135 e. The molecule has 252 valence electrons. The Morgan fingerprint density at radius 3 is 1.70 bits per heavy atom. The zero-order chi connectivity index (χ0) is 35.5. The third-order valence-corrected chi connectivity index (χ3v) is 11.1. The van der Waals surface area contributed by atoms with E-state index in [0.29, 0.717) is 0 Å². The molecule has 0 saturated heterocycles. The van der Waals surface area contributed by atoms with Gasteiger partial charge in [0.2, 0.25) is 0 Å². The minimum atomic E-state index is -0.123. The Kier molecular flexibility index (Phi) is 7.19. The summed E-state index contributed by atoms with van der Waals surface area (Å²) in [6, 6.07) is 67.8. The normalized spacial score (nSPS) is 13.0. The van der Waals surface area contributed by atoms with Crippen molar-refractivity contribution < 1.29 is 4.74 Å². The molecule has 8 aromatic carbocycles. The Labute approximate surface area is 311 Å². The Balaban J connectivity index is 1.19. The van der Waals surface area contributed by atoms with Crippen LogP contribution in [0.2, 0.25) is 0 Å². The molecule has 0 aromatic heterocycles. The Bertz CT molecular complexity index is 2660. The maximum atomic E-state index is 6.79. The van der Waals surface area contributed by atoms with E-state index in [1.807, 2.05) is 6.07 Å². The second kappa shape index (κ2) is 12.3. The van der Waals surface area contributed by atoms with Crippen molar-refractivity contribution in [3.05, 3.63) is 199 Å². The van der Waals surface area contributed by atoms with Gasteiger partial charge in [0.1, 0.15) is 11.5 Å². The summed E-state index contributed by atoms with van der Waals surface area (Å²) in [6.07, 6.45) is 0. The van der Waals surface area contributed by atoms with Crippen LogP contribution in [0.5, 0.6) is 11.5 Å². The Morgan fingerprint density at radius 2 is 0.906 bits per heavy atom. The molecule has 0 saturated carbocycles. The van der Waals surface area contributed by atoms with Crippen molar-refractivity contribution in [1.29, 1.82) is 0 Å². The summed E-state index contributed by atoms with van der Waals surface area (Å²) >= 11 is 0. The number of rotatable bonds is 5. The summed E-state index contributed by atoms with van der Waals surface area (Å²) in [5.41, 5.74) is 17.7. The second-order valence-electron chi connectivity index (χ2n) is 14.5. The van der Waals surface area contributed by atoms with E-state index in [1.54, 1.807) is 0 Å². The van der Waals surface area contributed by atoms with Crippen molar-refractivity contribution in [3.63, 3.8) is 0 Å². The maximum Gasteiger partial charge on any atom is 0.135 e. The number of nitrogens with zero attached hydrogens (tertiary/aromatic N) is 1. The summed E-state index contributed by atoms with van der Waals surface area (Å²) in [7, 11) is 0. The highest BCUT2D eigenvalue weighted by Crippen LogP contribution is 2.53. The van der Waals surface area contributed by atoms with Gasteiger partial charge in [-0.2, -0.15) is 0 Å². The third-order valence-electron chi connectivity index (χ3n) is 11.1. The Morgan fingerprint density at radius 1 is 0.358 bits per heavy atom. The van der Waals surface area contributed by atoms with Gasteiger partial charge in [0, 0.05) is 39.2 Å². The molecule has 10 rings (SSSR count). The van der Waals surface area contributed by atoms with E-state index in [4.69, 9.17) is 4.74 Å².